The Morgan fingerprint density at radius 1 is 1.60 bits per heavy atom. The van der Waals surface area contributed by atoms with Crippen LogP contribution < -0.4 is 5.32 Å². The summed E-state index contributed by atoms with van der Waals surface area (Å²) >= 11 is 0. The number of allylic oxidation sites excluding steroid dienone is 4. The average molecular weight is 140 g/mol. The van der Waals surface area contributed by atoms with E-state index in [0.717, 1.165) is 5.70 Å². The second kappa shape index (κ2) is 5.88. The fourth-order valence-electron chi connectivity index (χ4n) is 0.453. The SMILES string of the molecule is C\C=C/C=C(/C=N/O)NC. The highest BCUT2D eigenvalue weighted by Gasteiger charge is 1.82. The Kier molecular flexibility index (Phi) is 5.14. The molecule has 3 nitrogen and oxygen atoms in total. The van der Waals surface area contributed by atoms with E-state index in [9.17, 15) is 0 Å². The molecule has 2 N–H and O–H groups in total. The Labute approximate surface area is 60.7 Å². The maximum atomic E-state index is 8.13. The average Bonchev–Trinajstić information content (AvgIpc) is 1.98. The fraction of sp³-hybridized carbons (Fsp3) is 0.286. The van der Waals surface area contributed by atoms with Gasteiger partial charge in [-0.3, -0.25) is 0 Å². The summed E-state index contributed by atoms with van der Waals surface area (Å²) in [7, 11) is 1.76. The Morgan fingerprint density at radius 2 is 2.30 bits per heavy atom. The van der Waals surface area contributed by atoms with E-state index in [1.807, 2.05) is 19.1 Å². The van der Waals surface area contributed by atoms with Gasteiger partial charge < -0.3 is 10.5 Å². The van der Waals surface area contributed by atoms with E-state index in [2.05, 4.69) is 10.5 Å². The third-order valence-corrected chi connectivity index (χ3v) is 0.954. The van der Waals surface area contributed by atoms with E-state index < -0.39 is 0 Å². The van der Waals surface area contributed by atoms with Gasteiger partial charge in [0, 0.05) is 7.05 Å². The lowest BCUT2D eigenvalue weighted by Crippen LogP contribution is -2.06. The minimum atomic E-state index is 0.764. The van der Waals surface area contributed by atoms with Crippen molar-refractivity contribution in [3.05, 3.63) is 23.9 Å². The molecule has 0 aliphatic carbocycles. The molecule has 56 valence electrons. The van der Waals surface area contributed by atoms with Crippen LogP contribution in [0.4, 0.5) is 0 Å². The Balaban J connectivity index is 4.04. The summed E-state index contributed by atoms with van der Waals surface area (Å²) in [6.07, 6.45) is 6.88. The molecule has 0 aromatic rings. The molecule has 0 heterocycles. The molecule has 0 saturated heterocycles. The fourth-order valence-corrected chi connectivity index (χ4v) is 0.453. The second-order valence-electron chi connectivity index (χ2n) is 1.64. The largest absolute Gasteiger partial charge is 0.411 e. The van der Waals surface area contributed by atoms with Gasteiger partial charge in [-0.05, 0) is 13.0 Å². The topological polar surface area (TPSA) is 44.6 Å². The van der Waals surface area contributed by atoms with Crippen molar-refractivity contribution in [3.63, 3.8) is 0 Å². The lowest BCUT2D eigenvalue weighted by molar-refractivity contribution is 0.321. The molecule has 0 saturated carbocycles. The predicted molar refractivity (Wildman–Crippen MR) is 42.2 cm³/mol. The third-order valence-electron chi connectivity index (χ3n) is 0.954. The van der Waals surface area contributed by atoms with Crippen LogP contribution in [0.1, 0.15) is 6.92 Å². The first-order valence-electron chi connectivity index (χ1n) is 3.03. The van der Waals surface area contributed by atoms with E-state index >= 15 is 0 Å². The normalized spacial score (nSPS) is 13.2. The molecule has 0 atom stereocenters. The highest BCUT2D eigenvalue weighted by Crippen LogP contribution is 1.83. The van der Waals surface area contributed by atoms with Crippen molar-refractivity contribution in [1.29, 1.82) is 0 Å². The molecule has 0 bridgehead atoms. The zero-order valence-corrected chi connectivity index (χ0v) is 6.20. The Bertz CT molecular complexity index is 159. The molecule has 10 heavy (non-hydrogen) atoms. The standard InChI is InChI=1S/C7H12N2O/c1-3-4-5-7(8-2)6-9-10/h3-6,8,10H,1-2H3/b4-3-,7-5-,9-6+. The highest BCUT2D eigenvalue weighted by molar-refractivity contribution is 5.77. The van der Waals surface area contributed by atoms with Gasteiger partial charge in [-0.2, -0.15) is 0 Å². The Morgan fingerprint density at radius 3 is 2.70 bits per heavy atom. The monoisotopic (exact) mass is 140 g/mol. The van der Waals surface area contributed by atoms with Crippen LogP contribution in [-0.2, 0) is 0 Å². The van der Waals surface area contributed by atoms with Crippen LogP contribution in [0.2, 0.25) is 0 Å². The second-order valence-corrected chi connectivity index (χ2v) is 1.64. The lowest BCUT2D eigenvalue weighted by Gasteiger charge is -1.94. The van der Waals surface area contributed by atoms with Crippen molar-refractivity contribution < 1.29 is 5.21 Å². The van der Waals surface area contributed by atoms with E-state index in [1.165, 1.54) is 6.21 Å². The Hall–Kier alpha value is -1.25. The van der Waals surface area contributed by atoms with Crippen molar-refractivity contribution in [2.45, 2.75) is 6.92 Å². The summed E-state index contributed by atoms with van der Waals surface area (Å²) in [5.74, 6) is 0. The first-order chi connectivity index (χ1) is 4.85. The first-order valence-corrected chi connectivity index (χ1v) is 3.03. The number of oxime groups is 1. The molecule has 3 heteroatoms. The molecule has 0 amide bonds. The quantitative estimate of drug-likeness (QED) is 0.267. The van der Waals surface area contributed by atoms with Crippen LogP contribution in [0.3, 0.4) is 0 Å². The van der Waals surface area contributed by atoms with Gasteiger partial charge in [0.05, 0.1) is 11.9 Å². The number of hydrogen-bond acceptors (Lipinski definition) is 3. The summed E-state index contributed by atoms with van der Waals surface area (Å²) in [5, 5.41) is 13.8. The minimum Gasteiger partial charge on any atom is -0.411 e. The van der Waals surface area contributed by atoms with Crippen molar-refractivity contribution >= 4 is 6.21 Å². The molecule has 0 rings (SSSR count). The molecular formula is C7H12N2O. The van der Waals surface area contributed by atoms with Gasteiger partial charge in [0.25, 0.3) is 0 Å². The van der Waals surface area contributed by atoms with Gasteiger partial charge in [-0.15, -0.1) is 0 Å². The first kappa shape index (κ1) is 8.75. The minimum absolute atomic E-state index is 0.764. The van der Waals surface area contributed by atoms with Crippen LogP contribution in [0.25, 0.3) is 0 Å². The molecule has 0 aromatic carbocycles. The van der Waals surface area contributed by atoms with E-state index in [0.29, 0.717) is 0 Å². The maximum absolute atomic E-state index is 8.13. The summed E-state index contributed by atoms with van der Waals surface area (Å²) in [6.45, 7) is 1.92. The molecule has 0 aliphatic heterocycles. The summed E-state index contributed by atoms with van der Waals surface area (Å²) in [5.41, 5.74) is 0.764. The van der Waals surface area contributed by atoms with Crippen LogP contribution in [0, 0.1) is 0 Å². The predicted octanol–water partition coefficient (Wildman–Crippen LogP) is 1.13. The van der Waals surface area contributed by atoms with Crippen molar-refractivity contribution in [2.75, 3.05) is 7.05 Å². The van der Waals surface area contributed by atoms with Gasteiger partial charge in [0.2, 0.25) is 0 Å². The molecule has 0 fully saturated rings. The van der Waals surface area contributed by atoms with Crippen molar-refractivity contribution in [2.24, 2.45) is 5.16 Å². The number of nitrogens with zero attached hydrogens (tertiary/aromatic N) is 1. The van der Waals surface area contributed by atoms with E-state index in [4.69, 9.17) is 5.21 Å². The summed E-state index contributed by atoms with van der Waals surface area (Å²) in [4.78, 5) is 0. The van der Waals surface area contributed by atoms with Crippen LogP contribution in [0.15, 0.2) is 29.1 Å². The zero-order valence-electron chi connectivity index (χ0n) is 6.20. The third kappa shape index (κ3) is 3.72. The van der Waals surface area contributed by atoms with Crippen LogP contribution in [0.5, 0.6) is 0 Å². The van der Waals surface area contributed by atoms with Crippen molar-refractivity contribution in [1.82, 2.24) is 5.32 Å². The molecule has 0 aromatic heterocycles. The molecule has 0 aliphatic rings. The van der Waals surface area contributed by atoms with Crippen LogP contribution in [-0.4, -0.2) is 18.5 Å². The van der Waals surface area contributed by atoms with Crippen LogP contribution >= 0.6 is 0 Å². The van der Waals surface area contributed by atoms with Gasteiger partial charge in [0.15, 0.2) is 0 Å². The van der Waals surface area contributed by atoms with Crippen molar-refractivity contribution in [3.8, 4) is 0 Å². The van der Waals surface area contributed by atoms with Gasteiger partial charge >= 0.3 is 0 Å². The van der Waals surface area contributed by atoms with Gasteiger partial charge in [-0.25, -0.2) is 0 Å². The summed E-state index contributed by atoms with van der Waals surface area (Å²) < 4.78 is 0. The number of rotatable bonds is 3. The number of hydrogen-bond donors (Lipinski definition) is 2. The molecule has 0 unspecified atom stereocenters. The molecular weight excluding hydrogens is 128 g/mol. The number of nitrogens with one attached hydrogen (secondary N) is 1. The van der Waals surface area contributed by atoms with E-state index in [-0.39, 0.29) is 0 Å². The van der Waals surface area contributed by atoms with Gasteiger partial charge in [0.1, 0.15) is 0 Å². The highest BCUT2D eigenvalue weighted by atomic mass is 16.4. The van der Waals surface area contributed by atoms with Gasteiger partial charge in [-0.1, -0.05) is 17.3 Å². The molecule has 0 spiro atoms. The lowest BCUT2D eigenvalue weighted by atomic mass is 10.4. The zero-order chi connectivity index (χ0) is 7.82. The van der Waals surface area contributed by atoms with E-state index in [1.54, 1.807) is 13.1 Å². The summed E-state index contributed by atoms with van der Waals surface area (Å²) in [6, 6.07) is 0. The smallest absolute Gasteiger partial charge is 0.0892 e. The molecule has 0 radical (unpaired) electrons. The maximum Gasteiger partial charge on any atom is 0.0892 e.